The molecule has 2 aromatic rings. The highest BCUT2D eigenvalue weighted by atomic mass is 79.9. The highest BCUT2D eigenvalue weighted by Gasteiger charge is 2.13. The summed E-state index contributed by atoms with van der Waals surface area (Å²) in [5.74, 6) is 0.148. The number of carbonyl (C=O) groups is 1. The van der Waals surface area contributed by atoms with Gasteiger partial charge in [0.1, 0.15) is 0 Å². The molecule has 0 radical (unpaired) electrons. The van der Waals surface area contributed by atoms with Crippen LogP contribution >= 0.6 is 27.3 Å². The van der Waals surface area contributed by atoms with Gasteiger partial charge in [-0.3, -0.25) is 4.79 Å². The molecule has 1 N–H and O–H groups in total. The van der Waals surface area contributed by atoms with Crippen molar-refractivity contribution >= 4 is 33.2 Å². The van der Waals surface area contributed by atoms with E-state index in [-0.39, 0.29) is 11.9 Å². The van der Waals surface area contributed by atoms with Crippen LogP contribution in [0.15, 0.2) is 38.7 Å². The van der Waals surface area contributed by atoms with Crippen molar-refractivity contribution in [3.63, 3.8) is 0 Å². The van der Waals surface area contributed by atoms with E-state index < -0.39 is 0 Å². The van der Waals surface area contributed by atoms with E-state index in [1.165, 1.54) is 4.88 Å². The number of rotatable bonds is 4. The fraction of sp³-hybridized carbons (Fsp3) is 0.250. The zero-order valence-electron chi connectivity index (χ0n) is 9.27. The van der Waals surface area contributed by atoms with Crippen LogP contribution in [0.2, 0.25) is 0 Å². The fourth-order valence-corrected chi connectivity index (χ4v) is 2.65. The van der Waals surface area contributed by atoms with Gasteiger partial charge in [-0.1, -0.05) is 6.07 Å². The van der Waals surface area contributed by atoms with Crippen molar-refractivity contribution in [1.29, 1.82) is 0 Å². The average Bonchev–Trinajstić information content (AvgIpc) is 2.89. The van der Waals surface area contributed by atoms with E-state index >= 15 is 0 Å². The third-order valence-corrected chi connectivity index (χ3v) is 3.59. The highest BCUT2D eigenvalue weighted by molar-refractivity contribution is 9.10. The lowest BCUT2D eigenvalue weighted by Gasteiger charge is -2.11. The Bertz CT molecular complexity index is 492. The minimum absolute atomic E-state index is 0.0880. The topological polar surface area (TPSA) is 42.2 Å². The molecule has 0 saturated carbocycles. The number of carbonyl (C=O) groups excluding carboxylic acids is 1. The SMILES string of the molecule is CC(Cc1cccs1)NC(=O)c1ccc(Br)o1. The zero-order valence-corrected chi connectivity index (χ0v) is 11.7. The molecule has 0 fully saturated rings. The lowest BCUT2D eigenvalue weighted by Crippen LogP contribution is -2.33. The normalized spacial score (nSPS) is 12.4. The molecule has 2 aromatic heterocycles. The largest absolute Gasteiger partial charge is 0.444 e. The van der Waals surface area contributed by atoms with E-state index in [0.717, 1.165) is 6.42 Å². The summed E-state index contributed by atoms with van der Waals surface area (Å²) in [4.78, 5) is 13.0. The Morgan fingerprint density at radius 2 is 2.35 bits per heavy atom. The fourth-order valence-electron chi connectivity index (χ4n) is 1.51. The molecule has 1 unspecified atom stereocenters. The van der Waals surface area contributed by atoms with Crippen LogP contribution in [-0.2, 0) is 6.42 Å². The maximum atomic E-state index is 11.8. The predicted octanol–water partition coefficient (Wildman–Crippen LogP) is 3.46. The first-order chi connectivity index (χ1) is 8.15. The van der Waals surface area contributed by atoms with E-state index in [9.17, 15) is 4.79 Å². The van der Waals surface area contributed by atoms with E-state index in [0.29, 0.717) is 10.4 Å². The summed E-state index contributed by atoms with van der Waals surface area (Å²) in [6.45, 7) is 1.98. The van der Waals surface area contributed by atoms with E-state index in [2.05, 4.69) is 27.3 Å². The monoisotopic (exact) mass is 313 g/mol. The van der Waals surface area contributed by atoms with Gasteiger partial charge in [-0.2, -0.15) is 0 Å². The van der Waals surface area contributed by atoms with Crippen molar-refractivity contribution in [1.82, 2.24) is 5.32 Å². The Morgan fingerprint density at radius 3 is 2.94 bits per heavy atom. The smallest absolute Gasteiger partial charge is 0.287 e. The second-order valence-corrected chi connectivity index (χ2v) is 5.58. The first-order valence-corrected chi connectivity index (χ1v) is 6.91. The molecule has 0 aliphatic carbocycles. The van der Waals surface area contributed by atoms with Crippen molar-refractivity contribution in [3.05, 3.63) is 45.0 Å². The lowest BCUT2D eigenvalue weighted by molar-refractivity contribution is 0.0911. The van der Waals surface area contributed by atoms with E-state index in [1.54, 1.807) is 23.5 Å². The molecule has 1 amide bonds. The molecule has 0 spiro atoms. The zero-order chi connectivity index (χ0) is 12.3. The first kappa shape index (κ1) is 12.4. The minimum Gasteiger partial charge on any atom is -0.444 e. The number of amides is 1. The summed E-state index contributed by atoms with van der Waals surface area (Å²) < 4.78 is 5.75. The van der Waals surface area contributed by atoms with Gasteiger partial charge in [0.25, 0.3) is 5.91 Å². The molecule has 3 nitrogen and oxygen atoms in total. The number of nitrogens with one attached hydrogen (secondary N) is 1. The van der Waals surface area contributed by atoms with Crippen LogP contribution in [0.25, 0.3) is 0 Å². The maximum Gasteiger partial charge on any atom is 0.287 e. The molecule has 0 saturated heterocycles. The van der Waals surface area contributed by atoms with Gasteiger partial charge in [0, 0.05) is 17.3 Å². The minimum atomic E-state index is -0.181. The molecule has 0 bridgehead atoms. The number of hydrogen-bond acceptors (Lipinski definition) is 3. The van der Waals surface area contributed by atoms with Crippen molar-refractivity contribution in [3.8, 4) is 0 Å². The molecular formula is C12H12BrNO2S. The van der Waals surface area contributed by atoms with Crippen LogP contribution in [-0.4, -0.2) is 11.9 Å². The number of halogens is 1. The van der Waals surface area contributed by atoms with Crippen LogP contribution in [0.4, 0.5) is 0 Å². The molecule has 0 aliphatic rings. The van der Waals surface area contributed by atoms with Crippen molar-refractivity contribution in [2.75, 3.05) is 0 Å². The van der Waals surface area contributed by atoms with Gasteiger partial charge >= 0.3 is 0 Å². The van der Waals surface area contributed by atoms with Gasteiger partial charge in [0.2, 0.25) is 0 Å². The summed E-state index contributed by atoms with van der Waals surface area (Å²) in [7, 11) is 0. The molecule has 90 valence electrons. The summed E-state index contributed by atoms with van der Waals surface area (Å²) >= 11 is 4.87. The lowest BCUT2D eigenvalue weighted by atomic mass is 10.2. The third-order valence-electron chi connectivity index (χ3n) is 2.26. The Labute approximate surface area is 112 Å². The van der Waals surface area contributed by atoms with Gasteiger partial charge in [0.05, 0.1) is 0 Å². The highest BCUT2D eigenvalue weighted by Crippen LogP contribution is 2.15. The van der Waals surface area contributed by atoms with Crippen LogP contribution in [0.3, 0.4) is 0 Å². The van der Waals surface area contributed by atoms with Crippen molar-refractivity contribution < 1.29 is 9.21 Å². The quantitative estimate of drug-likeness (QED) is 0.939. The molecule has 17 heavy (non-hydrogen) atoms. The molecular weight excluding hydrogens is 302 g/mol. The standard InChI is InChI=1S/C12H12BrNO2S/c1-8(7-9-3-2-6-17-9)14-12(15)10-4-5-11(13)16-10/h2-6,8H,7H2,1H3,(H,14,15). The Morgan fingerprint density at radius 1 is 1.53 bits per heavy atom. The summed E-state index contributed by atoms with van der Waals surface area (Å²) in [6.07, 6.45) is 0.839. The Hall–Kier alpha value is -1.07. The Balaban J connectivity index is 1.90. The second kappa shape index (κ2) is 5.51. The van der Waals surface area contributed by atoms with E-state index in [1.807, 2.05) is 18.4 Å². The Kier molecular flexibility index (Phi) is 4.02. The maximum absolute atomic E-state index is 11.8. The first-order valence-electron chi connectivity index (χ1n) is 5.24. The van der Waals surface area contributed by atoms with Gasteiger partial charge < -0.3 is 9.73 Å². The molecule has 0 aliphatic heterocycles. The number of hydrogen-bond donors (Lipinski definition) is 1. The third kappa shape index (κ3) is 3.44. The van der Waals surface area contributed by atoms with Crippen LogP contribution < -0.4 is 5.32 Å². The van der Waals surface area contributed by atoms with Crippen LogP contribution in [0.1, 0.15) is 22.4 Å². The molecule has 5 heteroatoms. The van der Waals surface area contributed by atoms with Crippen molar-refractivity contribution in [2.45, 2.75) is 19.4 Å². The summed E-state index contributed by atoms with van der Waals surface area (Å²) in [5.41, 5.74) is 0. The average molecular weight is 314 g/mol. The van der Waals surface area contributed by atoms with Crippen LogP contribution in [0, 0.1) is 0 Å². The summed E-state index contributed by atoms with van der Waals surface area (Å²) in [6, 6.07) is 7.52. The molecule has 0 aromatic carbocycles. The van der Waals surface area contributed by atoms with E-state index in [4.69, 9.17) is 4.42 Å². The predicted molar refractivity (Wildman–Crippen MR) is 71.4 cm³/mol. The second-order valence-electron chi connectivity index (χ2n) is 3.76. The molecule has 2 heterocycles. The van der Waals surface area contributed by atoms with Crippen LogP contribution in [0.5, 0.6) is 0 Å². The summed E-state index contributed by atoms with van der Waals surface area (Å²) in [5, 5.41) is 4.94. The molecule has 1 atom stereocenters. The number of thiophene rings is 1. The van der Waals surface area contributed by atoms with Gasteiger partial charge in [-0.05, 0) is 46.4 Å². The van der Waals surface area contributed by atoms with Gasteiger partial charge in [-0.25, -0.2) is 0 Å². The molecule has 2 rings (SSSR count). The number of furan rings is 1. The van der Waals surface area contributed by atoms with Gasteiger partial charge in [-0.15, -0.1) is 11.3 Å². The van der Waals surface area contributed by atoms with Gasteiger partial charge in [0.15, 0.2) is 10.4 Å². The van der Waals surface area contributed by atoms with Crippen molar-refractivity contribution in [2.24, 2.45) is 0 Å².